The summed E-state index contributed by atoms with van der Waals surface area (Å²) in [5.41, 5.74) is -1.94. The van der Waals surface area contributed by atoms with Crippen LogP contribution >= 0.6 is 23.2 Å². The van der Waals surface area contributed by atoms with Crippen LogP contribution in [0.5, 0.6) is 5.75 Å². The average Bonchev–Trinajstić information content (AvgIpc) is 3.00. The third-order valence-corrected chi connectivity index (χ3v) is 9.48. The number of anilines is 1. The fourth-order valence-corrected chi connectivity index (χ4v) is 6.92. The summed E-state index contributed by atoms with van der Waals surface area (Å²) in [7, 11) is -3.11. The van der Waals surface area contributed by atoms with Gasteiger partial charge in [-0.2, -0.15) is 26.3 Å². The number of nitrogens with one attached hydrogen (secondary N) is 2. The fourth-order valence-electron chi connectivity index (χ4n) is 5.24. The molecule has 0 aliphatic carbocycles. The third kappa shape index (κ3) is 10.6. The number of nitrogens with zero attached hydrogens (tertiary/aromatic N) is 1. The number of ether oxygens (including phenoxy) is 1. The number of hydrogen-bond donors (Lipinski definition) is 5. The summed E-state index contributed by atoms with van der Waals surface area (Å²) in [6.45, 7) is 1.68. The molecule has 16 heteroatoms. The molecule has 1 aliphatic rings. The molecule has 266 valence electrons. The topological polar surface area (TPSA) is 114 Å². The second-order valence-corrected chi connectivity index (χ2v) is 13.3. The zero-order valence-electron chi connectivity index (χ0n) is 25.9. The second kappa shape index (κ2) is 16.5. The predicted octanol–water partition coefficient (Wildman–Crippen LogP) is 7.30. The number of carbonyl (C=O) groups is 1. The van der Waals surface area contributed by atoms with Crippen molar-refractivity contribution in [2.24, 2.45) is 0 Å². The highest BCUT2D eigenvalue weighted by molar-refractivity contribution is 8.25. The maximum atomic E-state index is 13.6. The first kappa shape index (κ1) is 39.2. The largest absolute Gasteiger partial charge is 0.494 e. The molecule has 2 atom stereocenters. The second-order valence-electron chi connectivity index (χ2n) is 11.2. The van der Waals surface area contributed by atoms with Gasteiger partial charge >= 0.3 is 12.4 Å². The molecule has 0 spiro atoms. The molecule has 0 bridgehead atoms. The third-order valence-electron chi connectivity index (χ3n) is 7.54. The standard InChI is InChI=1S/C32H37F6N3O5S.ClH/c1-2-46-27-16-23(15-26(18-27)41-10-6-7-11-47(41,44)45)30(43)40-28(14-21-8-4-3-5-9-21)29(42)20-39-19-22-12-24(31(33,34)35)17-25(13-22)32(36,37)38;/h3-5,8-9,12-13,15-18,28-29,39,42,44-45H,2,6-7,10-11,14,19-20H2,1H3,(H,40,43);1H/t28-,29+;/m0./s1. The molecule has 1 amide bonds. The van der Waals surface area contributed by atoms with Gasteiger partial charge in [0.25, 0.3) is 5.91 Å². The highest BCUT2D eigenvalue weighted by atomic mass is 35.5. The number of halogens is 7. The summed E-state index contributed by atoms with van der Waals surface area (Å²) < 4.78 is 108. The quantitative estimate of drug-likeness (QED) is 0.125. The monoisotopic (exact) mass is 725 g/mol. The summed E-state index contributed by atoms with van der Waals surface area (Å²) >= 11 is 0. The molecule has 0 saturated carbocycles. The van der Waals surface area contributed by atoms with E-state index in [-0.39, 0.29) is 54.9 Å². The maximum absolute atomic E-state index is 13.6. The Morgan fingerprint density at radius 1 is 0.938 bits per heavy atom. The first-order valence-corrected chi connectivity index (χ1v) is 16.6. The number of hydrogen-bond acceptors (Lipinski definition) is 7. The van der Waals surface area contributed by atoms with Gasteiger partial charge in [-0.15, -0.1) is 23.2 Å². The van der Waals surface area contributed by atoms with Crippen LogP contribution in [0.2, 0.25) is 0 Å². The Kier molecular flexibility index (Phi) is 13.5. The van der Waals surface area contributed by atoms with Gasteiger partial charge in [0.2, 0.25) is 0 Å². The number of rotatable bonds is 12. The zero-order chi connectivity index (χ0) is 34.4. The molecule has 1 fully saturated rings. The van der Waals surface area contributed by atoms with Gasteiger partial charge in [-0.3, -0.25) is 18.2 Å². The van der Waals surface area contributed by atoms with Crippen LogP contribution in [0.25, 0.3) is 0 Å². The number of amides is 1. The molecule has 4 rings (SSSR count). The lowest BCUT2D eigenvalue weighted by atomic mass is 10.00. The van der Waals surface area contributed by atoms with Crippen molar-refractivity contribution in [1.82, 2.24) is 10.6 Å². The van der Waals surface area contributed by atoms with Gasteiger partial charge in [-0.1, -0.05) is 30.3 Å². The Balaban J connectivity index is 0.00000625. The highest BCUT2D eigenvalue weighted by Crippen LogP contribution is 2.50. The van der Waals surface area contributed by atoms with Crippen molar-refractivity contribution in [2.45, 2.75) is 57.2 Å². The van der Waals surface area contributed by atoms with Crippen LogP contribution in [0.1, 0.15) is 52.4 Å². The van der Waals surface area contributed by atoms with E-state index in [4.69, 9.17) is 4.74 Å². The van der Waals surface area contributed by atoms with Crippen molar-refractivity contribution in [2.75, 3.05) is 29.8 Å². The van der Waals surface area contributed by atoms with E-state index >= 15 is 0 Å². The van der Waals surface area contributed by atoms with Gasteiger partial charge in [-0.25, -0.2) is 0 Å². The number of benzene rings is 3. The van der Waals surface area contributed by atoms with Gasteiger partial charge in [0.15, 0.2) is 0 Å². The van der Waals surface area contributed by atoms with E-state index in [9.17, 15) is 45.3 Å². The molecular weight excluding hydrogens is 688 g/mol. The Labute approximate surface area is 282 Å². The van der Waals surface area contributed by atoms with Gasteiger partial charge in [0.1, 0.15) is 5.75 Å². The first-order chi connectivity index (χ1) is 22.1. The minimum Gasteiger partial charge on any atom is -0.494 e. The van der Waals surface area contributed by atoms with Crippen molar-refractivity contribution in [3.63, 3.8) is 0 Å². The number of aliphatic hydroxyl groups is 1. The molecule has 1 heterocycles. The van der Waals surface area contributed by atoms with Crippen LogP contribution in [0.3, 0.4) is 0 Å². The van der Waals surface area contributed by atoms with Gasteiger partial charge in [-0.05, 0) is 67.6 Å². The lowest BCUT2D eigenvalue weighted by Gasteiger charge is -2.47. The average molecular weight is 726 g/mol. The lowest BCUT2D eigenvalue weighted by Crippen LogP contribution is -2.48. The van der Waals surface area contributed by atoms with Gasteiger partial charge in [0.05, 0.1) is 41.3 Å². The Bertz CT molecular complexity index is 1480. The maximum Gasteiger partial charge on any atom is 0.416 e. The summed E-state index contributed by atoms with van der Waals surface area (Å²) in [5, 5.41) is 16.6. The summed E-state index contributed by atoms with van der Waals surface area (Å²) in [4.78, 5) is 13.6. The van der Waals surface area contributed by atoms with E-state index in [1.54, 1.807) is 43.3 Å². The number of aliphatic hydroxyl groups excluding tert-OH is 1. The molecular formula is C32H38ClF6N3O5S. The van der Waals surface area contributed by atoms with Crippen LogP contribution in [0.15, 0.2) is 66.7 Å². The highest BCUT2D eigenvalue weighted by Gasteiger charge is 2.37. The van der Waals surface area contributed by atoms with Crippen molar-refractivity contribution in [1.29, 1.82) is 0 Å². The Morgan fingerprint density at radius 3 is 2.17 bits per heavy atom. The van der Waals surface area contributed by atoms with Gasteiger partial charge in [0, 0.05) is 31.3 Å². The number of alkyl halides is 6. The van der Waals surface area contributed by atoms with E-state index in [0.29, 0.717) is 43.0 Å². The molecule has 0 unspecified atom stereocenters. The minimum absolute atomic E-state index is 0. The summed E-state index contributed by atoms with van der Waals surface area (Å²) in [6, 6.07) is 13.8. The number of carbonyl (C=O) groups excluding carboxylic acids is 1. The lowest BCUT2D eigenvalue weighted by molar-refractivity contribution is -0.143. The van der Waals surface area contributed by atoms with Crippen molar-refractivity contribution in [3.8, 4) is 5.75 Å². The summed E-state index contributed by atoms with van der Waals surface area (Å²) in [6.07, 6.45) is -9.82. The molecule has 8 nitrogen and oxygen atoms in total. The molecule has 1 saturated heterocycles. The zero-order valence-corrected chi connectivity index (χ0v) is 27.5. The van der Waals surface area contributed by atoms with Crippen molar-refractivity contribution < 1.29 is 50.1 Å². The molecule has 48 heavy (non-hydrogen) atoms. The molecule has 3 aromatic rings. The Morgan fingerprint density at radius 2 is 1.58 bits per heavy atom. The normalized spacial score (nSPS) is 16.8. The minimum atomic E-state index is -4.99. The molecule has 3 aromatic carbocycles. The van der Waals surface area contributed by atoms with Crippen LogP contribution in [0, 0.1) is 0 Å². The van der Waals surface area contributed by atoms with E-state index < -0.39 is 58.9 Å². The fraction of sp³-hybridized carbons (Fsp3) is 0.406. The van der Waals surface area contributed by atoms with Crippen LogP contribution in [-0.2, 0) is 25.3 Å². The summed E-state index contributed by atoms with van der Waals surface area (Å²) in [5.74, 6) is -0.116. The van der Waals surface area contributed by atoms with Crippen molar-refractivity contribution in [3.05, 3.63) is 94.5 Å². The Hall–Kier alpha value is -3.21. The van der Waals surface area contributed by atoms with E-state index in [0.717, 1.165) is 5.56 Å². The first-order valence-electron chi connectivity index (χ1n) is 14.9. The van der Waals surface area contributed by atoms with Crippen LogP contribution < -0.4 is 19.7 Å². The molecule has 5 N–H and O–H groups in total. The SMILES string of the molecule is CCOc1cc(C(=O)N[C@@H](Cc2ccccc2)[C@H](O)CNCc2cc(C(F)(F)F)cc(C(F)(F)F)c2)cc(N2CCCCS2(O)O)c1.Cl. The van der Waals surface area contributed by atoms with Crippen LogP contribution in [0.4, 0.5) is 32.0 Å². The molecule has 1 aliphatic heterocycles. The van der Waals surface area contributed by atoms with E-state index in [2.05, 4.69) is 10.6 Å². The molecule has 0 radical (unpaired) electrons. The predicted molar refractivity (Wildman–Crippen MR) is 175 cm³/mol. The molecule has 0 aromatic heterocycles. The van der Waals surface area contributed by atoms with E-state index in [1.165, 1.54) is 16.4 Å². The van der Waals surface area contributed by atoms with Crippen molar-refractivity contribution >= 4 is 34.8 Å². The van der Waals surface area contributed by atoms with E-state index in [1.807, 2.05) is 0 Å². The smallest absolute Gasteiger partial charge is 0.416 e. The van der Waals surface area contributed by atoms with Crippen LogP contribution in [-0.4, -0.2) is 57.7 Å². The van der Waals surface area contributed by atoms with Gasteiger partial charge < -0.3 is 20.5 Å².